The number of nitrogens with zero attached hydrogens (tertiary/aromatic N) is 1. The van der Waals surface area contributed by atoms with Gasteiger partial charge in [0.15, 0.2) is 0 Å². The summed E-state index contributed by atoms with van der Waals surface area (Å²) in [5.74, 6) is -1.87. The molecule has 7 heteroatoms. The van der Waals surface area contributed by atoms with E-state index >= 15 is 0 Å². The van der Waals surface area contributed by atoms with Gasteiger partial charge in [-0.15, -0.1) is 0 Å². The summed E-state index contributed by atoms with van der Waals surface area (Å²) in [7, 11) is 2.49. The topological polar surface area (TPSA) is 82.1 Å². The lowest BCUT2D eigenvalue weighted by molar-refractivity contribution is -0.161. The van der Waals surface area contributed by atoms with Gasteiger partial charge in [-0.2, -0.15) is 0 Å². The number of hydrogen-bond donors (Lipinski definition) is 0. The van der Waals surface area contributed by atoms with Crippen molar-refractivity contribution in [3.8, 4) is 0 Å². The van der Waals surface area contributed by atoms with Gasteiger partial charge in [0.25, 0.3) is 0 Å². The molecule has 1 fully saturated rings. The van der Waals surface area contributed by atoms with Crippen LogP contribution in [-0.2, 0) is 23.8 Å². The number of likely N-dealkylation sites (tertiary alicyclic amines) is 1. The summed E-state index contributed by atoms with van der Waals surface area (Å²) in [4.78, 5) is 37.4. The number of amides is 1. The average Bonchev–Trinajstić information content (AvgIpc) is 2.74. The van der Waals surface area contributed by atoms with E-state index in [1.807, 2.05) is 0 Å². The maximum Gasteiger partial charge on any atom is 0.410 e. The smallest absolute Gasteiger partial charge is 0.410 e. The molecule has 7 nitrogen and oxygen atoms in total. The molecule has 0 aromatic carbocycles. The minimum absolute atomic E-state index is 0.0500. The summed E-state index contributed by atoms with van der Waals surface area (Å²) >= 11 is 0. The van der Waals surface area contributed by atoms with Crippen LogP contribution >= 0.6 is 0 Å². The van der Waals surface area contributed by atoms with Gasteiger partial charge in [0, 0.05) is 13.1 Å². The summed E-state index contributed by atoms with van der Waals surface area (Å²) in [6.07, 6.45) is -0.566. The zero-order valence-corrected chi connectivity index (χ0v) is 13.4. The number of carbonyl (C=O) groups is 3. The molecule has 1 heterocycles. The predicted molar refractivity (Wildman–Crippen MR) is 73.4 cm³/mol. The van der Waals surface area contributed by atoms with E-state index in [2.05, 4.69) is 0 Å². The van der Waals surface area contributed by atoms with Crippen molar-refractivity contribution in [3.63, 3.8) is 0 Å². The number of ether oxygens (including phenoxy) is 3. The molecule has 0 radical (unpaired) electrons. The minimum atomic E-state index is -1.14. The Morgan fingerprint density at radius 3 is 2.14 bits per heavy atom. The maximum absolute atomic E-state index is 12.1. The first-order valence-corrected chi connectivity index (χ1v) is 6.69. The molecule has 0 saturated carbocycles. The molecular weight excluding hydrogens is 278 g/mol. The second kappa shape index (κ2) is 5.91. The molecule has 0 spiro atoms. The quantitative estimate of drug-likeness (QED) is 0.563. The summed E-state index contributed by atoms with van der Waals surface area (Å²) in [6.45, 7) is 6.95. The Balaban J connectivity index is 2.98. The zero-order valence-electron chi connectivity index (χ0n) is 13.4. The molecule has 0 bridgehead atoms. The van der Waals surface area contributed by atoms with Crippen LogP contribution in [0.3, 0.4) is 0 Å². The molecule has 0 N–H and O–H groups in total. The normalized spacial score (nSPS) is 25.4. The molecule has 1 amide bonds. The fourth-order valence-electron chi connectivity index (χ4n) is 2.38. The second-order valence-electron chi connectivity index (χ2n) is 6.35. The van der Waals surface area contributed by atoms with Crippen molar-refractivity contribution in [1.29, 1.82) is 0 Å². The first kappa shape index (κ1) is 17.3. The number of hydrogen-bond acceptors (Lipinski definition) is 6. The van der Waals surface area contributed by atoms with Crippen LogP contribution in [0.5, 0.6) is 0 Å². The monoisotopic (exact) mass is 301 g/mol. The van der Waals surface area contributed by atoms with Gasteiger partial charge in [-0.3, -0.25) is 9.59 Å². The Labute approximate surface area is 124 Å². The van der Waals surface area contributed by atoms with Crippen molar-refractivity contribution in [3.05, 3.63) is 0 Å². The largest absolute Gasteiger partial charge is 0.469 e. The SMILES string of the molecule is COC(=O)C1CN(C(=O)OC(C)(C)C)CC1(C)C(=O)OC. The summed E-state index contributed by atoms with van der Waals surface area (Å²) in [6, 6.07) is 0. The van der Waals surface area contributed by atoms with E-state index in [1.165, 1.54) is 19.1 Å². The molecule has 1 aliphatic heterocycles. The van der Waals surface area contributed by atoms with E-state index in [9.17, 15) is 14.4 Å². The van der Waals surface area contributed by atoms with Crippen molar-refractivity contribution >= 4 is 18.0 Å². The van der Waals surface area contributed by atoms with Crippen LogP contribution in [0.2, 0.25) is 0 Å². The number of methoxy groups -OCH3 is 2. The predicted octanol–water partition coefficient (Wildman–Crippen LogP) is 1.21. The third kappa shape index (κ3) is 3.65. The second-order valence-corrected chi connectivity index (χ2v) is 6.35. The van der Waals surface area contributed by atoms with Gasteiger partial charge in [0.05, 0.1) is 25.6 Å². The molecule has 0 aliphatic carbocycles. The molecule has 2 atom stereocenters. The molecule has 2 unspecified atom stereocenters. The van der Waals surface area contributed by atoms with Crippen LogP contribution < -0.4 is 0 Å². The van der Waals surface area contributed by atoms with Crippen LogP contribution in [-0.4, -0.2) is 55.8 Å². The molecule has 1 rings (SSSR count). The van der Waals surface area contributed by atoms with E-state index in [0.717, 1.165) is 0 Å². The fraction of sp³-hybridized carbons (Fsp3) is 0.786. The Hall–Kier alpha value is -1.79. The molecule has 21 heavy (non-hydrogen) atoms. The standard InChI is InChI=1S/C14H23NO6/c1-13(2,3)21-12(18)15-7-9(10(16)19-5)14(4,8-15)11(17)20-6/h9H,7-8H2,1-6H3. The van der Waals surface area contributed by atoms with Crippen LogP contribution in [0.4, 0.5) is 4.79 Å². The minimum Gasteiger partial charge on any atom is -0.469 e. The number of rotatable bonds is 2. The van der Waals surface area contributed by atoms with E-state index in [4.69, 9.17) is 14.2 Å². The van der Waals surface area contributed by atoms with Gasteiger partial charge < -0.3 is 19.1 Å². The highest BCUT2D eigenvalue weighted by molar-refractivity contribution is 5.87. The summed E-state index contributed by atoms with van der Waals surface area (Å²) < 4.78 is 14.8. The third-order valence-corrected chi connectivity index (χ3v) is 3.48. The Kier molecular flexibility index (Phi) is 4.86. The van der Waals surface area contributed by atoms with Gasteiger partial charge in [-0.05, 0) is 27.7 Å². The Bertz CT molecular complexity index is 441. The fourth-order valence-corrected chi connectivity index (χ4v) is 2.38. The highest BCUT2D eigenvalue weighted by Gasteiger charge is 2.55. The maximum atomic E-state index is 12.1. The Morgan fingerprint density at radius 2 is 1.71 bits per heavy atom. The van der Waals surface area contributed by atoms with Crippen LogP contribution in [0.15, 0.2) is 0 Å². The molecular formula is C14H23NO6. The van der Waals surface area contributed by atoms with Crippen molar-refractivity contribution in [2.45, 2.75) is 33.3 Å². The van der Waals surface area contributed by atoms with E-state index in [-0.39, 0.29) is 13.1 Å². The van der Waals surface area contributed by atoms with Crippen molar-refractivity contribution in [2.75, 3.05) is 27.3 Å². The van der Waals surface area contributed by atoms with E-state index in [0.29, 0.717) is 0 Å². The first-order valence-electron chi connectivity index (χ1n) is 6.69. The van der Waals surface area contributed by atoms with Crippen molar-refractivity contribution in [2.24, 2.45) is 11.3 Å². The van der Waals surface area contributed by atoms with Crippen LogP contribution in [0.1, 0.15) is 27.7 Å². The highest BCUT2D eigenvalue weighted by Crippen LogP contribution is 2.38. The molecule has 0 aromatic heterocycles. The van der Waals surface area contributed by atoms with Gasteiger partial charge in [-0.25, -0.2) is 4.79 Å². The molecule has 0 aromatic rings. The van der Waals surface area contributed by atoms with Gasteiger partial charge in [0.1, 0.15) is 5.60 Å². The number of esters is 2. The van der Waals surface area contributed by atoms with Gasteiger partial charge in [0.2, 0.25) is 0 Å². The van der Waals surface area contributed by atoms with Crippen LogP contribution in [0, 0.1) is 11.3 Å². The third-order valence-electron chi connectivity index (χ3n) is 3.48. The van der Waals surface area contributed by atoms with Crippen molar-refractivity contribution < 1.29 is 28.6 Å². The molecule has 120 valence electrons. The van der Waals surface area contributed by atoms with Crippen LogP contribution in [0.25, 0.3) is 0 Å². The summed E-state index contributed by atoms with van der Waals surface area (Å²) in [5, 5.41) is 0. The Morgan fingerprint density at radius 1 is 1.14 bits per heavy atom. The first-order chi connectivity index (χ1) is 9.55. The molecule has 1 aliphatic rings. The molecule has 1 saturated heterocycles. The zero-order chi connectivity index (χ0) is 16.4. The highest BCUT2D eigenvalue weighted by atomic mass is 16.6. The van der Waals surface area contributed by atoms with E-state index < -0.39 is 35.0 Å². The van der Waals surface area contributed by atoms with E-state index in [1.54, 1.807) is 27.7 Å². The lowest BCUT2D eigenvalue weighted by Crippen LogP contribution is -2.41. The van der Waals surface area contributed by atoms with Gasteiger partial charge >= 0.3 is 18.0 Å². The van der Waals surface area contributed by atoms with Gasteiger partial charge in [-0.1, -0.05) is 0 Å². The lowest BCUT2D eigenvalue weighted by atomic mass is 9.80. The lowest BCUT2D eigenvalue weighted by Gasteiger charge is -2.26. The van der Waals surface area contributed by atoms with Crippen molar-refractivity contribution in [1.82, 2.24) is 4.90 Å². The number of carbonyl (C=O) groups excluding carboxylic acids is 3. The summed E-state index contributed by atoms with van der Waals surface area (Å²) in [5.41, 5.74) is -1.79. The average molecular weight is 301 g/mol.